The van der Waals surface area contributed by atoms with E-state index in [-0.39, 0.29) is 24.7 Å². The number of ether oxygens (including phenoxy) is 2. The van der Waals surface area contributed by atoms with Gasteiger partial charge in [0.25, 0.3) is 0 Å². The maximum Gasteiger partial charge on any atom is 0.326 e. The lowest BCUT2D eigenvalue weighted by atomic mass is 10.0. The van der Waals surface area contributed by atoms with Gasteiger partial charge in [-0.15, -0.1) is 0 Å². The third-order valence-electron chi connectivity index (χ3n) is 3.01. The van der Waals surface area contributed by atoms with E-state index in [9.17, 15) is 14.4 Å². The second kappa shape index (κ2) is 7.73. The first-order valence-corrected chi connectivity index (χ1v) is 6.22. The number of aliphatic carboxylic acids is 1. The second-order valence-electron chi connectivity index (χ2n) is 4.43. The molecule has 0 aromatic heterocycles. The molecule has 1 fully saturated rings. The smallest absolute Gasteiger partial charge is 0.326 e. The molecule has 0 aromatic rings. The molecule has 0 bridgehead atoms. The van der Waals surface area contributed by atoms with Crippen LogP contribution in [0, 0.1) is 5.92 Å². The molecule has 1 amide bonds. The summed E-state index contributed by atoms with van der Waals surface area (Å²) in [5.74, 6) is -2.30. The molecule has 1 aliphatic rings. The molecule has 1 aliphatic heterocycles. The van der Waals surface area contributed by atoms with E-state index in [1.54, 1.807) is 0 Å². The number of carboxylic acids is 1. The molecule has 0 aliphatic carbocycles. The molecule has 0 radical (unpaired) electrons. The average molecular weight is 273 g/mol. The number of hydrogen-bond acceptors (Lipinski definition) is 5. The SMILES string of the molecule is COC(=O)CCC(NC(=O)C1CCCOC1)C(=O)O. The summed E-state index contributed by atoms with van der Waals surface area (Å²) in [6, 6.07) is -1.08. The minimum atomic E-state index is -1.16. The van der Waals surface area contributed by atoms with Crippen LogP contribution in [0.15, 0.2) is 0 Å². The zero-order chi connectivity index (χ0) is 14.3. The molecule has 0 saturated carbocycles. The Morgan fingerprint density at radius 2 is 2.21 bits per heavy atom. The maximum absolute atomic E-state index is 11.9. The summed E-state index contributed by atoms with van der Waals surface area (Å²) in [6.45, 7) is 0.948. The van der Waals surface area contributed by atoms with Crippen molar-refractivity contribution in [3.05, 3.63) is 0 Å². The molecule has 7 heteroatoms. The van der Waals surface area contributed by atoms with Crippen molar-refractivity contribution < 1.29 is 29.0 Å². The fourth-order valence-electron chi connectivity index (χ4n) is 1.86. The number of nitrogens with one attached hydrogen (secondary N) is 1. The Labute approximate surface area is 111 Å². The highest BCUT2D eigenvalue weighted by Crippen LogP contribution is 2.14. The molecule has 2 atom stereocenters. The highest BCUT2D eigenvalue weighted by atomic mass is 16.5. The molecule has 0 aromatic carbocycles. The molecular weight excluding hydrogens is 254 g/mol. The van der Waals surface area contributed by atoms with Crippen molar-refractivity contribution >= 4 is 17.8 Å². The van der Waals surface area contributed by atoms with E-state index in [4.69, 9.17) is 9.84 Å². The van der Waals surface area contributed by atoms with Gasteiger partial charge in [0.2, 0.25) is 5.91 Å². The third kappa shape index (κ3) is 5.25. The standard InChI is InChI=1S/C12H19NO6/c1-18-10(14)5-4-9(12(16)17)13-11(15)8-3-2-6-19-7-8/h8-9H,2-7H2,1H3,(H,13,15)(H,16,17). The van der Waals surface area contributed by atoms with Gasteiger partial charge >= 0.3 is 11.9 Å². The van der Waals surface area contributed by atoms with Crippen molar-refractivity contribution in [1.29, 1.82) is 0 Å². The Balaban J connectivity index is 2.45. The van der Waals surface area contributed by atoms with Gasteiger partial charge in [0.15, 0.2) is 0 Å². The number of esters is 1. The largest absolute Gasteiger partial charge is 0.480 e. The molecular formula is C12H19NO6. The lowest BCUT2D eigenvalue weighted by Gasteiger charge is -2.23. The zero-order valence-electron chi connectivity index (χ0n) is 10.9. The number of methoxy groups -OCH3 is 1. The van der Waals surface area contributed by atoms with Crippen LogP contribution >= 0.6 is 0 Å². The van der Waals surface area contributed by atoms with Gasteiger partial charge in [0.05, 0.1) is 19.6 Å². The number of rotatable bonds is 6. The predicted molar refractivity (Wildman–Crippen MR) is 64.4 cm³/mol. The van der Waals surface area contributed by atoms with Gasteiger partial charge in [-0.1, -0.05) is 0 Å². The van der Waals surface area contributed by atoms with Gasteiger partial charge in [0, 0.05) is 13.0 Å². The van der Waals surface area contributed by atoms with Crippen molar-refractivity contribution in [2.24, 2.45) is 5.92 Å². The molecule has 1 rings (SSSR count). The first-order chi connectivity index (χ1) is 9.04. The highest BCUT2D eigenvalue weighted by Gasteiger charge is 2.27. The average Bonchev–Trinajstić information content (AvgIpc) is 2.43. The minimum Gasteiger partial charge on any atom is -0.480 e. The van der Waals surface area contributed by atoms with E-state index >= 15 is 0 Å². The van der Waals surface area contributed by atoms with E-state index in [1.807, 2.05) is 0 Å². The minimum absolute atomic E-state index is 0.0152. The normalized spacial score (nSPS) is 20.4. The van der Waals surface area contributed by atoms with Crippen LogP contribution in [0.2, 0.25) is 0 Å². The predicted octanol–water partition coefficient (Wildman–Crippen LogP) is -0.0644. The summed E-state index contributed by atoms with van der Waals surface area (Å²) < 4.78 is 9.62. The van der Waals surface area contributed by atoms with Crippen LogP contribution < -0.4 is 5.32 Å². The third-order valence-corrected chi connectivity index (χ3v) is 3.01. The van der Waals surface area contributed by atoms with E-state index in [0.717, 1.165) is 6.42 Å². The van der Waals surface area contributed by atoms with Gasteiger partial charge in [0.1, 0.15) is 6.04 Å². The lowest BCUT2D eigenvalue weighted by Crippen LogP contribution is -2.45. The number of carboxylic acid groups (broad SMARTS) is 1. The molecule has 0 spiro atoms. The van der Waals surface area contributed by atoms with Crippen molar-refractivity contribution in [3.63, 3.8) is 0 Å². The summed E-state index contributed by atoms with van der Waals surface area (Å²) in [5, 5.41) is 11.4. The Bertz CT molecular complexity index is 337. The van der Waals surface area contributed by atoms with E-state index in [1.165, 1.54) is 7.11 Å². The summed E-state index contributed by atoms with van der Waals surface area (Å²) in [7, 11) is 1.23. The van der Waals surface area contributed by atoms with Crippen LogP contribution in [0.25, 0.3) is 0 Å². The van der Waals surface area contributed by atoms with E-state index in [0.29, 0.717) is 19.6 Å². The van der Waals surface area contributed by atoms with Gasteiger partial charge in [-0.25, -0.2) is 4.79 Å². The van der Waals surface area contributed by atoms with Crippen LogP contribution in [0.5, 0.6) is 0 Å². The van der Waals surface area contributed by atoms with Crippen LogP contribution in [0.3, 0.4) is 0 Å². The van der Waals surface area contributed by atoms with Crippen LogP contribution in [0.4, 0.5) is 0 Å². The Morgan fingerprint density at radius 3 is 2.74 bits per heavy atom. The maximum atomic E-state index is 11.9. The summed E-state index contributed by atoms with van der Waals surface area (Å²) in [4.78, 5) is 33.9. The monoisotopic (exact) mass is 273 g/mol. The van der Waals surface area contributed by atoms with Gasteiger partial charge < -0.3 is 19.9 Å². The summed E-state index contributed by atoms with van der Waals surface area (Å²) in [6.07, 6.45) is 1.45. The molecule has 2 unspecified atom stereocenters. The van der Waals surface area contributed by atoms with Crippen molar-refractivity contribution in [2.75, 3.05) is 20.3 Å². The van der Waals surface area contributed by atoms with E-state index < -0.39 is 18.0 Å². The molecule has 7 nitrogen and oxygen atoms in total. The van der Waals surface area contributed by atoms with Gasteiger partial charge in [-0.3, -0.25) is 9.59 Å². The van der Waals surface area contributed by atoms with Crippen LogP contribution in [-0.4, -0.2) is 49.3 Å². The molecule has 108 valence electrons. The number of carbonyl (C=O) groups excluding carboxylic acids is 2. The van der Waals surface area contributed by atoms with E-state index in [2.05, 4.69) is 10.1 Å². The van der Waals surface area contributed by atoms with Gasteiger partial charge in [-0.05, 0) is 19.3 Å². The fourth-order valence-corrected chi connectivity index (χ4v) is 1.86. The summed E-state index contributed by atoms with van der Waals surface area (Å²) in [5.41, 5.74) is 0. The lowest BCUT2D eigenvalue weighted by molar-refractivity contribution is -0.145. The Morgan fingerprint density at radius 1 is 1.47 bits per heavy atom. The number of hydrogen-bond donors (Lipinski definition) is 2. The van der Waals surface area contributed by atoms with Crippen molar-refractivity contribution in [1.82, 2.24) is 5.32 Å². The van der Waals surface area contributed by atoms with Crippen molar-refractivity contribution in [3.8, 4) is 0 Å². The first-order valence-electron chi connectivity index (χ1n) is 6.22. The summed E-state index contributed by atoms with van der Waals surface area (Å²) >= 11 is 0. The molecule has 19 heavy (non-hydrogen) atoms. The number of amides is 1. The Kier molecular flexibility index (Phi) is 6.27. The van der Waals surface area contributed by atoms with Crippen LogP contribution in [0.1, 0.15) is 25.7 Å². The first kappa shape index (κ1) is 15.4. The molecule has 1 saturated heterocycles. The Hall–Kier alpha value is -1.63. The van der Waals surface area contributed by atoms with Gasteiger partial charge in [-0.2, -0.15) is 0 Å². The quantitative estimate of drug-likeness (QED) is 0.657. The van der Waals surface area contributed by atoms with Crippen molar-refractivity contribution in [2.45, 2.75) is 31.7 Å². The zero-order valence-corrected chi connectivity index (χ0v) is 10.9. The van der Waals surface area contributed by atoms with Crippen LogP contribution in [-0.2, 0) is 23.9 Å². The fraction of sp³-hybridized carbons (Fsp3) is 0.750. The number of carbonyl (C=O) groups is 3. The molecule has 2 N–H and O–H groups in total. The topological polar surface area (TPSA) is 102 Å². The highest BCUT2D eigenvalue weighted by molar-refractivity contribution is 5.85. The molecule has 1 heterocycles. The second-order valence-corrected chi connectivity index (χ2v) is 4.43.